The van der Waals surface area contributed by atoms with Crippen LogP contribution in [0.5, 0.6) is 0 Å². The molecule has 0 aromatic carbocycles. The molecule has 2 saturated heterocycles. The molecule has 2 aliphatic heterocycles. The van der Waals surface area contributed by atoms with E-state index in [2.05, 4.69) is 0 Å². The van der Waals surface area contributed by atoms with Gasteiger partial charge >= 0.3 is 5.97 Å². The maximum atomic E-state index is 12.2. The second-order valence-electron chi connectivity index (χ2n) is 5.78. The fraction of sp³-hybridized carbons (Fsp3) is 0.833. The number of hydrogen-bond acceptors (Lipinski definition) is 5. The first-order valence-corrected chi connectivity index (χ1v) is 8.52. The van der Waals surface area contributed by atoms with Crippen LogP contribution in [0.1, 0.15) is 6.42 Å². The number of fused-ring (bicyclic) bond motifs is 1. The highest BCUT2D eigenvalue weighted by Gasteiger charge is 2.54. The first-order valence-electron chi connectivity index (χ1n) is 6.67. The monoisotopic (exact) mass is 320 g/mol. The molecule has 0 radical (unpaired) electrons. The second-order valence-corrected chi connectivity index (χ2v) is 7.87. The van der Waals surface area contributed by atoms with Crippen molar-refractivity contribution in [3.8, 4) is 0 Å². The fourth-order valence-corrected chi connectivity index (χ4v) is 3.24. The van der Waals surface area contributed by atoms with Gasteiger partial charge in [0, 0.05) is 32.7 Å². The molecule has 1 N–H and O–H groups in total. The number of aliphatic carboxylic acids is 1. The van der Waals surface area contributed by atoms with Crippen LogP contribution in [0.25, 0.3) is 0 Å². The van der Waals surface area contributed by atoms with Gasteiger partial charge < -0.3 is 14.7 Å². The lowest BCUT2D eigenvalue weighted by Gasteiger charge is -2.33. The lowest BCUT2D eigenvalue weighted by atomic mass is 9.74. The van der Waals surface area contributed by atoms with Gasteiger partial charge in [0.25, 0.3) is 0 Å². The van der Waals surface area contributed by atoms with Crippen molar-refractivity contribution in [2.45, 2.75) is 6.42 Å². The molecule has 0 saturated carbocycles. The van der Waals surface area contributed by atoms with E-state index in [9.17, 15) is 23.1 Å². The molecule has 2 rings (SSSR count). The second kappa shape index (κ2) is 5.54. The molecule has 0 aromatic heterocycles. The fourth-order valence-electron chi connectivity index (χ4n) is 2.90. The number of carbonyl (C=O) groups is 2. The number of nitrogens with zero attached hydrogens (tertiary/aromatic N) is 2. The highest BCUT2D eigenvalue weighted by atomic mass is 32.2. The maximum Gasteiger partial charge on any atom is 0.311 e. The minimum Gasteiger partial charge on any atom is -0.481 e. The average Bonchev–Trinajstić information content (AvgIpc) is 2.78. The van der Waals surface area contributed by atoms with E-state index in [0.29, 0.717) is 26.2 Å². The Hall–Kier alpha value is -1.19. The van der Waals surface area contributed by atoms with E-state index in [-0.39, 0.29) is 24.9 Å². The summed E-state index contributed by atoms with van der Waals surface area (Å²) in [6.45, 7) is 0.823. The van der Waals surface area contributed by atoms with E-state index in [1.165, 1.54) is 11.9 Å². The quantitative estimate of drug-likeness (QED) is 0.700. The number of sulfonamides is 1. The summed E-state index contributed by atoms with van der Waals surface area (Å²) >= 11 is 0. The van der Waals surface area contributed by atoms with Crippen LogP contribution in [0.3, 0.4) is 0 Å². The summed E-state index contributed by atoms with van der Waals surface area (Å²) in [5.74, 6) is -1.53. The third-order valence-electron chi connectivity index (χ3n) is 4.41. The minimum atomic E-state index is -3.44. The van der Waals surface area contributed by atoms with Crippen molar-refractivity contribution in [3.63, 3.8) is 0 Å². The first-order chi connectivity index (χ1) is 9.67. The predicted octanol–water partition coefficient (Wildman–Crippen LogP) is -1.17. The number of carboxylic acids is 1. The highest BCUT2D eigenvalue weighted by Crippen LogP contribution is 2.42. The number of amides is 1. The van der Waals surface area contributed by atoms with Gasteiger partial charge in [-0.15, -0.1) is 0 Å². The van der Waals surface area contributed by atoms with Crippen molar-refractivity contribution < 1.29 is 27.9 Å². The summed E-state index contributed by atoms with van der Waals surface area (Å²) in [5.41, 5.74) is -0.961. The molecule has 0 aromatic rings. The van der Waals surface area contributed by atoms with Crippen molar-refractivity contribution in [1.82, 2.24) is 9.21 Å². The lowest BCUT2D eigenvalue weighted by Crippen LogP contribution is -2.45. The Morgan fingerprint density at radius 1 is 1.48 bits per heavy atom. The van der Waals surface area contributed by atoms with Crippen LogP contribution >= 0.6 is 0 Å². The Morgan fingerprint density at radius 3 is 2.67 bits per heavy atom. The predicted molar refractivity (Wildman–Crippen MR) is 73.0 cm³/mol. The van der Waals surface area contributed by atoms with Gasteiger partial charge in [0.15, 0.2) is 0 Å². The average molecular weight is 320 g/mol. The zero-order chi connectivity index (χ0) is 15.8. The number of rotatable bonds is 4. The van der Waals surface area contributed by atoms with E-state index in [0.717, 1.165) is 10.6 Å². The molecule has 0 spiro atoms. The van der Waals surface area contributed by atoms with Gasteiger partial charge in [0.2, 0.25) is 15.9 Å². The van der Waals surface area contributed by atoms with Crippen LogP contribution in [-0.2, 0) is 24.3 Å². The van der Waals surface area contributed by atoms with Crippen LogP contribution in [0.15, 0.2) is 0 Å². The Labute approximate surface area is 123 Å². The number of carboxylic acid groups (broad SMARTS) is 1. The van der Waals surface area contributed by atoms with Gasteiger partial charge in [-0.25, -0.2) is 8.42 Å². The number of carbonyl (C=O) groups excluding carboxylic acids is 1. The van der Waals surface area contributed by atoms with Crippen LogP contribution in [-0.4, -0.2) is 80.8 Å². The molecule has 2 fully saturated rings. The lowest BCUT2D eigenvalue weighted by molar-refractivity contribution is -0.157. The van der Waals surface area contributed by atoms with Gasteiger partial charge in [0.05, 0.1) is 24.8 Å². The Bertz CT molecular complexity index is 548. The van der Waals surface area contributed by atoms with Crippen molar-refractivity contribution in [3.05, 3.63) is 0 Å². The van der Waals surface area contributed by atoms with Crippen molar-refractivity contribution >= 4 is 21.9 Å². The summed E-state index contributed by atoms with van der Waals surface area (Å²) in [6.07, 6.45) is 1.40. The molecule has 0 bridgehead atoms. The summed E-state index contributed by atoms with van der Waals surface area (Å²) < 4.78 is 29.0. The van der Waals surface area contributed by atoms with E-state index >= 15 is 0 Å². The molecular weight excluding hydrogens is 300 g/mol. The third-order valence-corrected chi connectivity index (χ3v) is 5.67. The molecule has 8 nitrogen and oxygen atoms in total. The van der Waals surface area contributed by atoms with Crippen LogP contribution < -0.4 is 0 Å². The molecule has 9 heteroatoms. The van der Waals surface area contributed by atoms with Gasteiger partial charge in [-0.1, -0.05) is 0 Å². The highest BCUT2D eigenvalue weighted by molar-refractivity contribution is 7.88. The molecule has 21 heavy (non-hydrogen) atoms. The molecule has 0 unspecified atom stereocenters. The maximum absolute atomic E-state index is 12.2. The number of hydrogen-bond donors (Lipinski definition) is 1. The topological polar surface area (TPSA) is 104 Å². The van der Waals surface area contributed by atoms with Crippen molar-refractivity contribution in [2.75, 3.05) is 46.2 Å². The van der Waals surface area contributed by atoms with Crippen LogP contribution in [0, 0.1) is 11.3 Å². The van der Waals surface area contributed by atoms with Crippen LogP contribution in [0.2, 0.25) is 0 Å². The summed E-state index contributed by atoms with van der Waals surface area (Å²) in [7, 11) is -2.11. The molecule has 2 atom stereocenters. The van der Waals surface area contributed by atoms with Crippen LogP contribution in [0.4, 0.5) is 0 Å². The zero-order valence-electron chi connectivity index (χ0n) is 12.1. The van der Waals surface area contributed by atoms with Crippen molar-refractivity contribution in [1.29, 1.82) is 0 Å². The molecule has 2 aliphatic rings. The van der Waals surface area contributed by atoms with Gasteiger partial charge in [-0.3, -0.25) is 9.59 Å². The van der Waals surface area contributed by atoms with E-state index < -0.39 is 21.4 Å². The largest absolute Gasteiger partial charge is 0.481 e. The third kappa shape index (κ3) is 3.04. The van der Waals surface area contributed by atoms with E-state index in [4.69, 9.17) is 4.74 Å². The van der Waals surface area contributed by atoms with Gasteiger partial charge in [-0.05, 0) is 6.42 Å². The SMILES string of the molecule is CN(CC(=O)N1C[C@H]2COCC[C@@]2(C(=O)O)C1)S(C)(=O)=O. The zero-order valence-corrected chi connectivity index (χ0v) is 12.9. The molecule has 120 valence electrons. The summed E-state index contributed by atoms with van der Waals surface area (Å²) in [4.78, 5) is 25.2. The molecular formula is C12H20N2O6S. The summed E-state index contributed by atoms with van der Waals surface area (Å²) in [6, 6.07) is 0. The Kier molecular flexibility index (Phi) is 4.27. The molecule has 0 aliphatic carbocycles. The minimum absolute atomic E-state index is 0.118. The number of likely N-dealkylation sites (tertiary alicyclic amines) is 1. The normalized spacial score (nSPS) is 29.5. The van der Waals surface area contributed by atoms with Gasteiger partial charge in [0.1, 0.15) is 0 Å². The van der Waals surface area contributed by atoms with Crippen molar-refractivity contribution in [2.24, 2.45) is 11.3 Å². The molecule has 2 heterocycles. The van der Waals surface area contributed by atoms with E-state index in [1.807, 2.05) is 0 Å². The van der Waals surface area contributed by atoms with E-state index in [1.54, 1.807) is 0 Å². The number of ether oxygens (including phenoxy) is 1. The Morgan fingerprint density at radius 2 is 2.14 bits per heavy atom. The summed E-state index contributed by atoms with van der Waals surface area (Å²) in [5, 5.41) is 9.51. The molecule has 1 amide bonds. The standard InChI is InChI=1S/C12H20N2O6S/c1-13(21(2,18)19)6-10(15)14-5-9-7-20-4-3-12(9,8-14)11(16)17/h9H,3-8H2,1-2H3,(H,16,17)/t9-,12+/m0/s1. The number of likely N-dealkylation sites (N-methyl/N-ethyl adjacent to an activating group) is 1. The first kappa shape index (κ1) is 16.2. The Balaban J connectivity index is 2.10. The van der Waals surface area contributed by atoms with Gasteiger partial charge in [-0.2, -0.15) is 4.31 Å². The smallest absolute Gasteiger partial charge is 0.311 e.